The monoisotopic (exact) mass is 490 g/mol. The zero-order chi connectivity index (χ0) is 22.7. The molecule has 32 heavy (non-hydrogen) atoms. The molecular formula is C24H19BrN4O3. The first-order chi connectivity index (χ1) is 15.4. The van der Waals surface area contributed by atoms with Gasteiger partial charge in [-0.2, -0.15) is 9.78 Å². The smallest absolute Gasteiger partial charge is 0.279 e. The molecule has 160 valence electrons. The maximum absolute atomic E-state index is 12.9. The summed E-state index contributed by atoms with van der Waals surface area (Å²) in [7, 11) is 0. The van der Waals surface area contributed by atoms with Crippen LogP contribution in [0.1, 0.15) is 16.1 Å². The quantitative estimate of drug-likeness (QED) is 0.444. The number of carbonyl (C=O) groups is 2. The van der Waals surface area contributed by atoms with Crippen LogP contribution >= 0.6 is 15.9 Å². The molecule has 7 nitrogen and oxygen atoms in total. The number of rotatable bonds is 5. The summed E-state index contributed by atoms with van der Waals surface area (Å²) in [6, 6.07) is 21.1. The lowest BCUT2D eigenvalue weighted by atomic mass is 10.1. The highest BCUT2D eigenvalue weighted by molar-refractivity contribution is 9.10. The van der Waals surface area contributed by atoms with E-state index in [0.717, 1.165) is 10.0 Å². The first-order valence-electron chi connectivity index (χ1n) is 9.86. The van der Waals surface area contributed by atoms with E-state index in [4.69, 9.17) is 0 Å². The molecule has 4 rings (SSSR count). The molecule has 0 aliphatic heterocycles. The Morgan fingerprint density at radius 1 is 0.969 bits per heavy atom. The Balaban J connectivity index is 1.59. The molecule has 0 fully saturated rings. The summed E-state index contributed by atoms with van der Waals surface area (Å²) in [5.74, 6) is -0.922. The molecule has 0 aliphatic rings. The topological polar surface area (TPSA) is 93.1 Å². The lowest BCUT2D eigenvalue weighted by Crippen LogP contribution is -2.35. The molecule has 4 aromatic rings. The van der Waals surface area contributed by atoms with Crippen LogP contribution in [-0.4, -0.2) is 28.1 Å². The highest BCUT2D eigenvalue weighted by Crippen LogP contribution is 2.20. The van der Waals surface area contributed by atoms with Gasteiger partial charge in [0.2, 0.25) is 5.91 Å². The van der Waals surface area contributed by atoms with Gasteiger partial charge in [0.05, 0.1) is 17.6 Å². The van der Waals surface area contributed by atoms with Gasteiger partial charge in [-0.15, -0.1) is 0 Å². The lowest BCUT2D eigenvalue weighted by molar-refractivity contribution is -0.115. The number of hydrogen-bond acceptors (Lipinski definition) is 4. The number of fused-ring (bicyclic) bond motifs is 1. The van der Waals surface area contributed by atoms with E-state index in [1.807, 2.05) is 25.1 Å². The largest absolute Gasteiger partial charge is 0.342 e. The molecule has 0 aliphatic carbocycles. The average Bonchev–Trinajstić information content (AvgIpc) is 2.81. The predicted octanol–water partition coefficient (Wildman–Crippen LogP) is 3.83. The van der Waals surface area contributed by atoms with Gasteiger partial charge >= 0.3 is 0 Å². The molecule has 2 amide bonds. The number of amides is 2. The highest BCUT2D eigenvalue weighted by atomic mass is 79.9. The third-order valence-corrected chi connectivity index (χ3v) is 5.76. The minimum absolute atomic E-state index is 0.0661. The number of aryl methyl sites for hydroxylation is 1. The standard InChI is InChI=1S/C24H19BrN4O3/c1-15-13-16(11-12-20(15)25)27-21(30)14-26-23(31)22-18-9-5-6-10-19(18)24(32)29(28-22)17-7-3-2-4-8-17/h2-13H,14H2,1H3,(H,26,31)(H,27,30). The number of anilines is 1. The van der Waals surface area contributed by atoms with Crippen molar-refractivity contribution in [3.63, 3.8) is 0 Å². The normalized spacial score (nSPS) is 10.7. The van der Waals surface area contributed by atoms with Gasteiger partial charge in [-0.05, 0) is 48.9 Å². The molecule has 1 aromatic heterocycles. The summed E-state index contributed by atoms with van der Waals surface area (Å²) in [5.41, 5.74) is 1.89. The van der Waals surface area contributed by atoms with E-state index in [2.05, 4.69) is 31.7 Å². The zero-order valence-corrected chi connectivity index (χ0v) is 18.7. The fourth-order valence-corrected chi connectivity index (χ4v) is 3.52. The molecule has 3 aromatic carbocycles. The first kappa shape index (κ1) is 21.5. The van der Waals surface area contributed by atoms with Crippen LogP contribution in [0.2, 0.25) is 0 Å². The maximum Gasteiger partial charge on any atom is 0.279 e. The number of benzene rings is 3. The number of hydrogen-bond donors (Lipinski definition) is 2. The Hall–Kier alpha value is -3.78. The number of carbonyl (C=O) groups excluding carboxylic acids is 2. The molecule has 0 radical (unpaired) electrons. The third kappa shape index (κ3) is 4.45. The summed E-state index contributed by atoms with van der Waals surface area (Å²) < 4.78 is 2.14. The Bertz CT molecular complexity index is 1380. The fraction of sp³-hybridized carbons (Fsp3) is 0.0833. The fourth-order valence-electron chi connectivity index (χ4n) is 3.27. The molecule has 2 N–H and O–H groups in total. The van der Waals surface area contributed by atoms with Crippen LogP contribution in [0.5, 0.6) is 0 Å². The Labute approximate surface area is 192 Å². The second kappa shape index (κ2) is 9.15. The summed E-state index contributed by atoms with van der Waals surface area (Å²) >= 11 is 3.42. The van der Waals surface area contributed by atoms with E-state index in [1.165, 1.54) is 4.68 Å². The van der Waals surface area contributed by atoms with Gasteiger partial charge in [-0.1, -0.05) is 52.3 Å². The molecule has 0 spiro atoms. The van der Waals surface area contributed by atoms with Crippen LogP contribution in [0.25, 0.3) is 16.5 Å². The van der Waals surface area contributed by atoms with Gasteiger partial charge in [0, 0.05) is 15.5 Å². The van der Waals surface area contributed by atoms with E-state index < -0.39 is 5.91 Å². The molecule has 0 bridgehead atoms. The Kier molecular flexibility index (Phi) is 6.13. The minimum Gasteiger partial charge on any atom is -0.342 e. The van der Waals surface area contributed by atoms with E-state index >= 15 is 0 Å². The van der Waals surface area contributed by atoms with Gasteiger partial charge < -0.3 is 10.6 Å². The van der Waals surface area contributed by atoms with Crippen LogP contribution in [0.3, 0.4) is 0 Å². The Morgan fingerprint density at radius 2 is 1.66 bits per heavy atom. The van der Waals surface area contributed by atoms with Gasteiger partial charge in [-0.3, -0.25) is 14.4 Å². The molecule has 0 saturated heterocycles. The van der Waals surface area contributed by atoms with Gasteiger partial charge in [0.1, 0.15) is 0 Å². The van der Waals surface area contributed by atoms with Crippen LogP contribution in [0.4, 0.5) is 5.69 Å². The maximum atomic E-state index is 12.9. The number of para-hydroxylation sites is 1. The van der Waals surface area contributed by atoms with Crippen molar-refractivity contribution in [2.75, 3.05) is 11.9 Å². The van der Waals surface area contributed by atoms with Gasteiger partial charge in [0.25, 0.3) is 11.5 Å². The Morgan fingerprint density at radius 3 is 2.38 bits per heavy atom. The van der Waals surface area contributed by atoms with Crippen molar-refractivity contribution < 1.29 is 9.59 Å². The number of nitrogens with zero attached hydrogens (tertiary/aromatic N) is 2. The predicted molar refractivity (Wildman–Crippen MR) is 127 cm³/mol. The second-order valence-corrected chi connectivity index (χ2v) is 8.00. The van der Waals surface area contributed by atoms with Crippen molar-refractivity contribution in [1.82, 2.24) is 15.1 Å². The van der Waals surface area contributed by atoms with E-state index in [0.29, 0.717) is 22.1 Å². The van der Waals surface area contributed by atoms with Crippen LogP contribution in [0, 0.1) is 6.92 Å². The molecule has 0 unspecified atom stereocenters. The van der Waals surface area contributed by atoms with E-state index in [1.54, 1.807) is 54.6 Å². The number of nitrogens with one attached hydrogen (secondary N) is 2. The second-order valence-electron chi connectivity index (χ2n) is 7.14. The molecule has 0 saturated carbocycles. The van der Waals surface area contributed by atoms with Crippen molar-refractivity contribution in [1.29, 1.82) is 0 Å². The van der Waals surface area contributed by atoms with Crippen molar-refractivity contribution in [3.05, 3.63) is 98.9 Å². The molecule has 0 atom stereocenters. The average molecular weight is 491 g/mol. The van der Waals surface area contributed by atoms with Crippen molar-refractivity contribution in [2.45, 2.75) is 6.92 Å². The number of halogens is 1. The molecular weight excluding hydrogens is 472 g/mol. The van der Waals surface area contributed by atoms with Crippen LogP contribution in [-0.2, 0) is 4.79 Å². The van der Waals surface area contributed by atoms with Crippen LogP contribution < -0.4 is 16.2 Å². The minimum atomic E-state index is -0.548. The molecule has 1 heterocycles. The summed E-state index contributed by atoms with van der Waals surface area (Å²) in [6.45, 7) is 1.67. The third-order valence-electron chi connectivity index (χ3n) is 4.87. The van der Waals surface area contributed by atoms with E-state index in [9.17, 15) is 14.4 Å². The zero-order valence-electron chi connectivity index (χ0n) is 17.1. The summed E-state index contributed by atoms with van der Waals surface area (Å²) in [4.78, 5) is 38.2. The SMILES string of the molecule is Cc1cc(NC(=O)CNC(=O)c2nn(-c3ccccc3)c(=O)c3ccccc23)ccc1Br. The van der Waals surface area contributed by atoms with Crippen LogP contribution in [0.15, 0.2) is 82.1 Å². The van der Waals surface area contributed by atoms with E-state index in [-0.39, 0.29) is 23.7 Å². The summed E-state index contributed by atoms with van der Waals surface area (Å²) in [6.07, 6.45) is 0. The first-order valence-corrected chi connectivity index (χ1v) is 10.6. The van der Waals surface area contributed by atoms with Crippen molar-refractivity contribution >= 4 is 44.2 Å². The van der Waals surface area contributed by atoms with Gasteiger partial charge in [-0.25, -0.2) is 0 Å². The van der Waals surface area contributed by atoms with Gasteiger partial charge in [0.15, 0.2) is 5.69 Å². The summed E-state index contributed by atoms with van der Waals surface area (Å²) in [5, 5.41) is 10.4. The van der Waals surface area contributed by atoms with Crippen molar-refractivity contribution in [2.24, 2.45) is 0 Å². The number of aromatic nitrogens is 2. The molecule has 8 heteroatoms. The highest BCUT2D eigenvalue weighted by Gasteiger charge is 2.18. The lowest BCUT2D eigenvalue weighted by Gasteiger charge is -2.12. The van der Waals surface area contributed by atoms with Crippen molar-refractivity contribution in [3.8, 4) is 5.69 Å².